The number of hydrogen-bond donors (Lipinski definition) is 1. The highest BCUT2D eigenvalue weighted by molar-refractivity contribution is 6.19. The molecule has 0 spiro atoms. The smallest absolute Gasteiger partial charge is 0.366 e. The number of benzene rings is 1. The van der Waals surface area contributed by atoms with Crippen molar-refractivity contribution >= 4 is 11.5 Å². The number of allylic oxidation sites excluding steroid dienone is 1. The van der Waals surface area contributed by atoms with Crippen LogP contribution < -0.4 is 5.73 Å². The molecule has 2 nitrogen and oxygen atoms in total. The summed E-state index contributed by atoms with van der Waals surface area (Å²) in [6.45, 7) is 2.88. The lowest BCUT2D eigenvalue weighted by Crippen LogP contribution is -2.15. The lowest BCUT2D eigenvalue weighted by Gasteiger charge is -2.14. The summed E-state index contributed by atoms with van der Waals surface area (Å²) < 4.78 is 38.0. The number of primary amides is 1. The van der Waals surface area contributed by atoms with E-state index in [4.69, 9.17) is 5.73 Å². The van der Waals surface area contributed by atoms with E-state index in [2.05, 4.69) is 0 Å². The molecule has 1 aromatic rings. The number of carbonyl (C=O) groups excluding carboxylic acids is 1. The van der Waals surface area contributed by atoms with Crippen molar-refractivity contribution in [1.82, 2.24) is 0 Å². The van der Waals surface area contributed by atoms with Crippen LogP contribution in [0.5, 0.6) is 0 Å². The highest BCUT2D eigenvalue weighted by atomic mass is 19.4. The Bertz CT molecular complexity index is 475. The molecule has 0 saturated carbocycles. The van der Waals surface area contributed by atoms with E-state index in [0.29, 0.717) is 0 Å². The molecule has 17 heavy (non-hydrogen) atoms. The van der Waals surface area contributed by atoms with Crippen molar-refractivity contribution in [1.29, 1.82) is 0 Å². The fourth-order valence-corrected chi connectivity index (χ4v) is 1.67. The molecule has 0 heterocycles. The Morgan fingerprint density at radius 2 is 1.94 bits per heavy atom. The van der Waals surface area contributed by atoms with Crippen molar-refractivity contribution in [2.45, 2.75) is 20.0 Å². The third-order valence-corrected chi connectivity index (χ3v) is 2.48. The van der Waals surface area contributed by atoms with Crippen molar-refractivity contribution in [3.05, 3.63) is 41.0 Å². The average Bonchev–Trinajstić information content (AvgIpc) is 2.19. The third-order valence-electron chi connectivity index (χ3n) is 2.48. The maximum atomic E-state index is 12.7. The number of carbonyl (C=O) groups is 1. The summed E-state index contributed by atoms with van der Waals surface area (Å²) in [6, 6.07) is 3.69. The Balaban J connectivity index is 3.44. The molecule has 2 N–H and O–H groups in total. The van der Waals surface area contributed by atoms with E-state index in [1.165, 1.54) is 25.1 Å². The summed E-state index contributed by atoms with van der Waals surface area (Å²) in [5.74, 6) is -0.741. The van der Waals surface area contributed by atoms with Crippen LogP contribution in [0, 0.1) is 6.92 Å². The summed E-state index contributed by atoms with van der Waals surface area (Å²) in [6.07, 6.45) is -3.03. The number of hydrogen-bond acceptors (Lipinski definition) is 1. The fraction of sp³-hybridized carbons (Fsp3) is 0.250. The maximum Gasteiger partial charge on any atom is 0.416 e. The van der Waals surface area contributed by atoms with Gasteiger partial charge in [-0.25, -0.2) is 0 Å². The van der Waals surface area contributed by atoms with Crippen LogP contribution >= 0.6 is 0 Å². The van der Waals surface area contributed by atoms with Crippen LogP contribution in [-0.4, -0.2) is 5.91 Å². The molecule has 0 aliphatic carbocycles. The van der Waals surface area contributed by atoms with Crippen molar-refractivity contribution in [2.24, 2.45) is 5.73 Å². The van der Waals surface area contributed by atoms with Gasteiger partial charge < -0.3 is 5.73 Å². The topological polar surface area (TPSA) is 43.1 Å². The minimum absolute atomic E-state index is 0.00639. The maximum absolute atomic E-state index is 12.7. The molecule has 1 rings (SSSR count). The van der Waals surface area contributed by atoms with Gasteiger partial charge in [-0.2, -0.15) is 13.2 Å². The predicted octanol–water partition coefficient (Wildman–Crippen LogP) is 2.90. The molecule has 0 bridgehead atoms. The van der Waals surface area contributed by atoms with Gasteiger partial charge in [0.05, 0.1) is 5.56 Å². The van der Waals surface area contributed by atoms with Gasteiger partial charge in [-0.05, 0) is 31.0 Å². The van der Waals surface area contributed by atoms with Crippen LogP contribution in [0.15, 0.2) is 24.3 Å². The van der Waals surface area contributed by atoms with Gasteiger partial charge in [-0.3, -0.25) is 4.79 Å². The van der Waals surface area contributed by atoms with Gasteiger partial charge in [-0.15, -0.1) is 0 Å². The van der Waals surface area contributed by atoms with Crippen LogP contribution in [0.2, 0.25) is 0 Å². The Morgan fingerprint density at radius 1 is 1.35 bits per heavy atom. The van der Waals surface area contributed by atoms with Gasteiger partial charge in [0.1, 0.15) is 0 Å². The van der Waals surface area contributed by atoms with E-state index in [1.54, 1.807) is 6.92 Å². The molecule has 0 aliphatic rings. The minimum atomic E-state index is -4.43. The Morgan fingerprint density at radius 3 is 2.35 bits per heavy atom. The number of nitrogens with two attached hydrogens (primary N) is 1. The molecule has 0 aromatic heterocycles. The zero-order chi connectivity index (χ0) is 13.2. The van der Waals surface area contributed by atoms with Gasteiger partial charge in [0.2, 0.25) is 5.91 Å². The van der Waals surface area contributed by atoms with Gasteiger partial charge in [0.25, 0.3) is 0 Å². The first-order valence-corrected chi connectivity index (χ1v) is 4.92. The second-order valence-electron chi connectivity index (χ2n) is 3.54. The van der Waals surface area contributed by atoms with Crippen molar-refractivity contribution in [2.75, 3.05) is 0 Å². The first-order valence-electron chi connectivity index (χ1n) is 4.92. The molecule has 0 fully saturated rings. The van der Waals surface area contributed by atoms with Crippen LogP contribution in [0.25, 0.3) is 5.57 Å². The zero-order valence-corrected chi connectivity index (χ0v) is 9.43. The van der Waals surface area contributed by atoms with E-state index >= 15 is 0 Å². The quantitative estimate of drug-likeness (QED) is 0.797. The van der Waals surface area contributed by atoms with E-state index < -0.39 is 17.6 Å². The fourth-order valence-electron chi connectivity index (χ4n) is 1.67. The second-order valence-corrected chi connectivity index (χ2v) is 3.54. The highest BCUT2D eigenvalue weighted by Gasteiger charge is 2.33. The summed E-state index contributed by atoms with van der Waals surface area (Å²) >= 11 is 0. The highest BCUT2D eigenvalue weighted by Crippen LogP contribution is 2.34. The molecular formula is C12H12F3NO. The minimum Gasteiger partial charge on any atom is -0.366 e. The third kappa shape index (κ3) is 2.67. The van der Waals surface area contributed by atoms with Gasteiger partial charge >= 0.3 is 6.18 Å². The molecular weight excluding hydrogens is 231 g/mol. The average molecular weight is 243 g/mol. The molecule has 0 unspecified atom stereocenters. The summed E-state index contributed by atoms with van der Waals surface area (Å²) in [4.78, 5) is 11.1. The number of halogens is 3. The van der Waals surface area contributed by atoms with E-state index in [-0.39, 0.29) is 16.7 Å². The first kappa shape index (κ1) is 13.3. The normalized spacial score (nSPS) is 12.6. The molecule has 1 aromatic carbocycles. The number of rotatable bonds is 2. The standard InChI is InChI=1S/C12H12F3NO/c1-3-8(11(16)17)9-5-4-6-10(7(9)2)12(13,14)15/h3-6H,1-2H3,(H2,16,17)/b8-3+. The molecule has 0 atom stereocenters. The van der Waals surface area contributed by atoms with Crippen LogP contribution in [0.4, 0.5) is 13.2 Å². The van der Waals surface area contributed by atoms with Crippen LogP contribution in [0.3, 0.4) is 0 Å². The number of alkyl halides is 3. The van der Waals surface area contributed by atoms with Crippen LogP contribution in [0.1, 0.15) is 23.6 Å². The lowest BCUT2D eigenvalue weighted by atomic mass is 9.95. The van der Waals surface area contributed by atoms with E-state index in [0.717, 1.165) is 6.07 Å². The van der Waals surface area contributed by atoms with Crippen LogP contribution in [-0.2, 0) is 11.0 Å². The lowest BCUT2D eigenvalue weighted by molar-refractivity contribution is -0.138. The monoisotopic (exact) mass is 243 g/mol. The Labute approximate surface area is 96.9 Å². The first-order chi connectivity index (χ1) is 7.79. The van der Waals surface area contributed by atoms with Crippen molar-refractivity contribution in [3.8, 4) is 0 Å². The van der Waals surface area contributed by atoms with E-state index in [9.17, 15) is 18.0 Å². The van der Waals surface area contributed by atoms with E-state index in [1.807, 2.05) is 0 Å². The summed E-state index contributed by atoms with van der Waals surface area (Å²) in [7, 11) is 0. The summed E-state index contributed by atoms with van der Waals surface area (Å²) in [5, 5.41) is 0. The number of amides is 1. The molecule has 0 radical (unpaired) electrons. The molecule has 1 amide bonds. The molecule has 92 valence electrons. The molecule has 0 saturated heterocycles. The zero-order valence-electron chi connectivity index (χ0n) is 9.43. The predicted molar refractivity (Wildman–Crippen MR) is 59.0 cm³/mol. The van der Waals surface area contributed by atoms with Gasteiger partial charge in [-0.1, -0.05) is 18.2 Å². The largest absolute Gasteiger partial charge is 0.416 e. The Hall–Kier alpha value is -1.78. The SMILES string of the molecule is C/C=C(/C(N)=O)c1cccc(C(F)(F)F)c1C. The van der Waals surface area contributed by atoms with Gasteiger partial charge in [0, 0.05) is 5.57 Å². The Kier molecular flexibility index (Phi) is 3.60. The second kappa shape index (κ2) is 4.61. The molecule has 0 aliphatic heterocycles. The van der Waals surface area contributed by atoms with Crippen molar-refractivity contribution < 1.29 is 18.0 Å². The van der Waals surface area contributed by atoms with Crippen molar-refractivity contribution in [3.63, 3.8) is 0 Å². The summed E-state index contributed by atoms with van der Waals surface area (Å²) in [5.41, 5.74) is 4.68. The molecule has 5 heteroatoms. The van der Waals surface area contributed by atoms with Gasteiger partial charge in [0.15, 0.2) is 0 Å².